The van der Waals surface area contributed by atoms with Crippen LogP contribution in [0.4, 0.5) is 0 Å². The molecule has 4 nitrogen and oxygen atoms in total. The van der Waals surface area contributed by atoms with E-state index in [0.717, 1.165) is 18.2 Å². The largest absolute Gasteiger partial charge is 0.310 e. The molecule has 2 heterocycles. The Hall–Kier alpha value is -0.870. The summed E-state index contributed by atoms with van der Waals surface area (Å²) >= 11 is 0. The summed E-state index contributed by atoms with van der Waals surface area (Å²) in [6.45, 7) is 12.5. The molecule has 0 aromatic carbocycles. The average Bonchev–Trinajstić information content (AvgIpc) is 2.93. The molecule has 1 fully saturated rings. The zero-order valence-corrected chi connectivity index (χ0v) is 13.0. The Balaban J connectivity index is 1.81. The van der Waals surface area contributed by atoms with Gasteiger partial charge in [0.2, 0.25) is 0 Å². The van der Waals surface area contributed by atoms with Gasteiger partial charge in [-0.3, -0.25) is 4.68 Å². The highest BCUT2D eigenvalue weighted by molar-refractivity contribution is 5.19. The van der Waals surface area contributed by atoms with E-state index in [2.05, 4.69) is 49.2 Å². The monoisotopic (exact) mass is 264 g/mol. The first-order chi connectivity index (χ1) is 8.97. The first kappa shape index (κ1) is 14.5. The Morgan fingerprint density at radius 1 is 1.42 bits per heavy atom. The zero-order chi connectivity index (χ0) is 14.0. The molecule has 1 aromatic heterocycles. The average molecular weight is 264 g/mol. The quantitative estimate of drug-likeness (QED) is 0.884. The van der Waals surface area contributed by atoms with Gasteiger partial charge in [-0.15, -0.1) is 0 Å². The van der Waals surface area contributed by atoms with Gasteiger partial charge in [0.05, 0.1) is 5.69 Å². The first-order valence-electron chi connectivity index (χ1n) is 7.45. The van der Waals surface area contributed by atoms with Crippen LogP contribution in [0.1, 0.15) is 44.5 Å². The zero-order valence-electron chi connectivity index (χ0n) is 13.0. The van der Waals surface area contributed by atoms with Crippen molar-refractivity contribution in [2.24, 2.45) is 13.0 Å². The molecule has 1 N–H and O–H groups in total. The Bertz CT molecular complexity index is 410. The van der Waals surface area contributed by atoms with Gasteiger partial charge in [-0.2, -0.15) is 5.10 Å². The maximum absolute atomic E-state index is 4.42. The molecule has 2 atom stereocenters. The van der Waals surface area contributed by atoms with Crippen molar-refractivity contribution in [3.63, 3.8) is 0 Å². The normalized spacial score (nSPS) is 22.3. The lowest BCUT2D eigenvalue weighted by Crippen LogP contribution is -2.31. The number of hydrogen-bond acceptors (Lipinski definition) is 3. The van der Waals surface area contributed by atoms with E-state index in [1.165, 1.54) is 25.1 Å². The highest BCUT2D eigenvalue weighted by Gasteiger charge is 2.24. The second-order valence-electron chi connectivity index (χ2n) is 6.22. The molecular weight excluding hydrogens is 236 g/mol. The second-order valence-corrected chi connectivity index (χ2v) is 6.22. The molecular formula is C15H28N4. The molecule has 0 saturated carbocycles. The van der Waals surface area contributed by atoms with Crippen LogP contribution < -0.4 is 5.32 Å². The van der Waals surface area contributed by atoms with E-state index in [0.29, 0.717) is 12.1 Å². The number of likely N-dealkylation sites (tertiary alicyclic amines) is 1. The van der Waals surface area contributed by atoms with Crippen molar-refractivity contribution in [3.05, 3.63) is 17.5 Å². The third-order valence-electron chi connectivity index (χ3n) is 4.28. The van der Waals surface area contributed by atoms with Crippen molar-refractivity contribution >= 4 is 0 Å². The predicted octanol–water partition coefficient (Wildman–Crippen LogP) is 2.11. The van der Waals surface area contributed by atoms with E-state index in [1.807, 2.05) is 11.7 Å². The van der Waals surface area contributed by atoms with Gasteiger partial charge < -0.3 is 10.2 Å². The van der Waals surface area contributed by atoms with Crippen LogP contribution in [0.5, 0.6) is 0 Å². The van der Waals surface area contributed by atoms with Gasteiger partial charge in [0, 0.05) is 37.4 Å². The summed E-state index contributed by atoms with van der Waals surface area (Å²) < 4.78 is 1.90. The van der Waals surface area contributed by atoms with Crippen molar-refractivity contribution in [3.8, 4) is 0 Å². The molecule has 0 aliphatic carbocycles. The summed E-state index contributed by atoms with van der Waals surface area (Å²) in [5.74, 6) is 0.793. The van der Waals surface area contributed by atoms with Gasteiger partial charge in [-0.25, -0.2) is 0 Å². The molecule has 1 saturated heterocycles. The molecule has 0 amide bonds. The summed E-state index contributed by atoms with van der Waals surface area (Å²) in [5, 5.41) is 8.09. The van der Waals surface area contributed by atoms with E-state index in [4.69, 9.17) is 0 Å². The van der Waals surface area contributed by atoms with Crippen molar-refractivity contribution in [2.75, 3.05) is 19.6 Å². The summed E-state index contributed by atoms with van der Waals surface area (Å²) in [4.78, 5) is 2.58. The third-order valence-corrected chi connectivity index (χ3v) is 4.28. The van der Waals surface area contributed by atoms with Crippen LogP contribution in [0.15, 0.2) is 6.20 Å². The number of hydrogen-bond donors (Lipinski definition) is 1. The predicted molar refractivity (Wildman–Crippen MR) is 79.2 cm³/mol. The van der Waals surface area contributed by atoms with Gasteiger partial charge in [0.15, 0.2) is 0 Å². The lowest BCUT2D eigenvalue weighted by Gasteiger charge is -2.21. The van der Waals surface area contributed by atoms with Crippen LogP contribution in [0.3, 0.4) is 0 Å². The highest BCUT2D eigenvalue weighted by Crippen LogP contribution is 2.20. The van der Waals surface area contributed by atoms with Crippen molar-refractivity contribution in [2.45, 2.75) is 46.2 Å². The van der Waals surface area contributed by atoms with Gasteiger partial charge in [0.1, 0.15) is 0 Å². The van der Waals surface area contributed by atoms with Gasteiger partial charge in [-0.05, 0) is 53.1 Å². The fraction of sp³-hybridized carbons (Fsp3) is 0.800. The van der Waals surface area contributed by atoms with Crippen LogP contribution in [0, 0.1) is 12.8 Å². The lowest BCUT2D eigenvalue weighted by atomic mass is 10.1. The second kappa shape index (κ2) is 6.06. The molecule has 0 radical (unpaired) electrons. The molecule has 19 heavy (non-hydrogen) atoms. The Morgan fingerprint density at radius 2 is 2.16 bits per heavy atom. The van der Waals surface area contributed by atoms with Crippen molar-refractivity contribution in [1.29, 1.82) is 0 Å². The van der Waals surface area contributed by atoms with E-state index in [-0.39, 0.29) is 0 Å². The van der Waals surface area contributed by atoms with Crippen molar-refractivity contribution < 1.29 is 0 Å². The smallest absolute Gasteiger partial charge is 0.0641 e. The van der Waals surface area contributed by atoms with Crippen LogP contribution in [0.2, 0.25) is 0 Å². The van der Waals surface area contributed by atoms with Crippen LogP contribution in [-0.2, 0) is 7.05 Å². The van der Waals surface area contributed by atoms with E-state index >= 15 is 0 Å². The molecule has 2 rings (SSSR count). The third kappa shape index (κ3) is 3.57. The standard InChI is InChI=1S/C15H28N4/c1-11(2)19-7-6-14(9-19)8-16-12(3)15-10-18(5)17-13(15)4/h10-12,14,16H,6-9H2,1-5H3. The summed E-state index contributed by atoms with van der Waals surface area (Å²) in [7, 11) is 1.99. The number of nitrogens with one attached hydrogen (secondary N) is 1. The van der Waals surface area contributed by atoms with Gasteiger partial charge in [0.25, 0.3) is 0 Å². The topological polar surface area (TPSA) is 33.1 Å². The minimum atomic E-state index is 0.391. The molecule has 1 aliphatic heterocycles. The van der Waals surface area contributed by atoms with Crippen LogP contribution >= 0.6 is 0 Å². The highest BCUT2D eigenvalue weighted by atomic mass is 15.3. The van der Waals surface area contributed by atoms with Gasteiger partial charge in [-0.1, -0.05) is 0 Å². The minimum absolute atomic E-state index is 0.391. The Kier molecular flexibility index (Phi) is 4.63. The number of nitrogens with zero attached hydrogens (tertiary/aromatic N) is 3. The number of aromatic nitrogens is 2. The van der Waals surface area contributed by atoms with E-state index in [1.54, 1.807) is 0 Å². The van der Waals surface area contributed by atoms with Crippen LogP contribution in [0.25, 0.3) is 0 Å². The fourth-order valence-corrected chi connectivity index (χ4v) is 2.99. The molecule has 1 aromatic rings. The Morgan fingerprint density at radius 3 is 2.68 bits per heavy atom. The Labute approximate surface area is 117 Å². The van der Waals surface area contributed by atoms with Gasteiger partial charge >= 0.3 is 0 Å². The molecule has 2 unspecified atom stereocenters. The first-order valence-corrected chi connectivity index (χ1v) is 7.45. The lowest BCUT2D eigenvalue weighted by molar-refractivity contribution is 0.263. The molecule has 108 valence electrons. The number of aryl methyl sites for hydroxylation is 2. The maximum atomic E-state index is 4.42. The number of rotatable bonds is 5. The SMILES string of the molecule is Cc1nn(C)cc1C(C)NCC1CCN(C(C)C)C1. The minimum Gasteiger partial charge on any atom is -0.310 e. The molecule has 0 spiro atoms. The molecule has 4 heteroatoms. The fourth-order valence-electron chi connectivity index (χ4n) is 2.99. The van der Waals surface area contributed by atoms with E-state index in [9.17, 15) is 0 Å². The van der Waals surface area contributed by atoms with Crippen LogP contribution in [-0.4, -0.2) is 40.4 Å². The summed E-state index contributed by atoms with van der Waals surface area (Å²) in [5.41, 5.74) is 2.46. The van der Waals surface area contributed by atoms with E-state index < -0.39 is 0 Å². The molecule has 0 bridgehead atoms. The summed E-state index contributed by atoms with van der Waals surface area (Å²) in [6, 6.07) is 1.07. The summed E-state index contributed by atoms with van der Waals surface area (Å²) in [6.07, 6.45) is 3.45. The molecule has 1 aliphatic rings. The van der Waals surface area contributed by atoms with Crippen molar-refractivity contribution in [1.82, 2.24) is 20.0 Å². The maximum Gasteiger partial charge on any atom is 0.0641 e.